The Morgan fingerprint density at radius 1 is 0.500 bits per heavy atom. The third kappa shape index (κ3) is 6.02. The fourth-order valence-corrected chi connectivity index (χ4v) is 3.38. The molecule has 2 aliphatic heterocycles. The van der Waals surface area contributed by atoms with Crippen LogP contribution in [0.1, 0.15) is 22.8 Å². The van der Waals surface area contributed by atoms with Crippen LogP contribution in [0.15, 0.2) is 72.8 Å². The van der Waals surface area contributed by atoms with Gasteiger partial charge in [-0.05, 0) is 97.1 Å². The molecule has 34 heavy (non-hydrogen) atoms. The Kier molecular flexibility index (Phi) is 7.25. The van der Waals surface area contributed by atoms with Crippen LogP contribution in [0.4, 0.5) is 0 Å². The van der Waals surface area contributed by atoms with E-state index >= 15 is 0 Å². The van der Waals surface area contributed by atoms with Gasteiger partial charge in [0.15, 0.2) is 11.6 Å². The first-order valence-electron chi connectivity index (χ1n) is 10.3. The van der Waals surface area contributed by atoms with Gasteiger partial charge in [-0.1, -0.05) is 0 Å². The summed E-state index contributed by atoms with van der Waals surface area (Å²) in [6, 6.07) is 16.4. The molecule has 0 atom stereocenters. The zero-order valence-electron chi connectivity index (χ0n) is 17.9. The predicted octanol–water partition coefficient (Wildman–Crippen LogP) is 4.31. The van der Waals surface area contributed by atoms with Gasteiger partial charge >= 0.3 is 21.0 Å². The molecule has 0 spiro atoms. The second kappa shape index (κ2) is 10.7. The molecule has 4 N–H and O–H groups in total. The van der Waals surface area contributed by atoms with Crippen LogP contribution in [0.2, 0.25) is 0 Å². The van der Waals surface area contributed by atoms with Crippen molar-refractivity contribution in [3.8, 4) is 0 Å². The van der Waals surface area contributed by atoms with Crippen LogP contribution in [0.25, 0.3) is 46.4 Å². The number of nitrogens with one attached hydrogen (secondary N) is 2. The van der Waals surface area contributed by atoms with E-state index in [-0.39, 0.29) is 11.6 Å². The van der Waals surface area contributed by atoms with Crippen LogP contribution in [0.5, 0.6) is 0 Å². The van der Waals surface area contributed by atoms with E-state index in [1.54, 1.807) is 0 Å². The van der Waals surface area contributed by atoms with Gasteiger partial charge in [0.25, 0.3) is 0 Å². The number of fused-ring (bicyclic) bond motifs is 8. The van der Waals surface area contributed by atoms with Crippen molar-refractivity contribution in [2.24, 2.45) is 4.75 Å². The number of aromatic nitrogens is 4. The van der Waals surface area contributed by atoms with E-state index in [0.717, 1.165) is 44.8 Å². The van der Waals surface area contributed by atoms with Crippen LogP contribution >= 0.6 is 0 Å². The summed E-state index contributed by atoms with van der Waals surface area (Å²) in [6.07, 6.45) is 13.1. The number of H-pyrrole nitrogens is 2. The van der Waals surface area contributed by atoms with Crippen LogP contribution in [0, 0.1) is 0 Å². The molecule has 0 unspecified atom stereocenters. The summed E-state index contributed by atoms with van der Waals surface area (Å²) >= 11 is 2.75. The monoisotopic (exact) mass is 490 g/mol. The van der Waals surface area contributed by atoms with Gasteiger partial charge in [0.2, 0.25) is 0 Å². The topological polar surface area (TPSA) is 118 Å². The van der Waals surface area contributed by atoms with Gasteiger partial charge in [-0.3, -0.25) is 9.59 Å². The Morgan fingerprint density at radius 3 is 1.03 bits per heavy atom. The fourth-order valence-electron chi connectivity index (χ4n) is 3.38. The van der Waals surface area contributed by atoms with Crippen molar-refractivity contribution >= 4 is 57.9 Å². The first-order chi connectivity index (χ1) is 16.6. The van der Waals surface area contributed by atoms with Crippen molar-refractivity contribution in [1.29, 1.82) is 0 Å². The summed E-state index contributed by atoms with van der Waals surface area (Å²) in [7, 11) is 0. The number of nitrogens with two attached hydrogens (primary N) is 1. The molecule has 5 heterocycles. The molecular weight excluding hydrogens is 470 g/mol. The molecular formula is C26H20FeN5O2. The molecule has 0 saturated carbocycles. The number of rotatable bonds is 0. The first-order valence-corrected chi connectivity index (χ1v) is 10.9. The van der Waals surface area contributed by atoms with Gasteiger partial charge in [0, 0.05) is 22.1 Å². The summed E-state index contributed by atoms with van der Waals surface area (Å²) in [5, 5.41) is 0. The van der Waals surface area contributed by atoms with E-state index in [1.807, 2.05) is 48.6 Å². The number of allylic oxidation sites excluding steroid dienone is 4. The molecule has 8 bridgehead atoms. The normalized spacial score (nSPS) is 13.2. The summed E-state index contributed by atoms with van der Waals surface area (Å²) < 4.78 is 4.25. The molecule has 3 aliphatic rings. The van der Waals surface area contributed by atoms with Crippen LogP contribution < -0.4 is 4.75 Å². The van der Waals surface area contributed by atoms with Gasteiger partial charge in [-0.2, -0.15) is 0 Å². The van der Waals surface area contributed by atoms with Gasteiger partial charge < -0.3 is 9.97 Å². The van der Waals surface area contributed by atoms with E-state index in [9.17, 15) is 9.59 Å². The number of hydrogen-bond acceptors (Lipinski definition) is 5. The average Bonchev–Trinajstić information content (AvgIpc) is 3.64. The standard InChI is InChI=1S/C20H14N4.C6H4O2.Fe.H2N/c1-2-14-10-16-5-6-18(23-16)12-20-8-7-19(24-20)11-17-4-3-15(22-17)9-13(1)21-14;7-5-1-2-6(8)4-3-5;;/h1-12,21,24H;1-4H;;1H2/q;;+1;-1. The number of carbonyl (C=O) groups excluding carboxylic acids is 2. The fraction of sp³-hybridized carbons (Fsp3) is 0. The maximum absolute atomic E-state index is 10.3. The molecule has 0 radical (unpaired) electrons. The second-order valence-electron chi connectivity index (χ2n) is 7.38. The Bertz CT molecular complexity index is 1310. The molecule has 0 saturated heterocycles. The summed E-state index contributed by atoms with van der Waals surface area (Å²) in [5.74, 6) is -0.241. The third-order valence-corrected chi connectivity index (χ3v) is 4.87. The van der Waals surface area contributed by atoms with Gasteiger partial charge in [-0.25, -0.2) is 9.97 Å². The zero-order valence-corrected chi connectivity index (χ0v) is 19.0. The van der Waals surface area contributed by atoms with Crippen molar-refractivity contribution in [1.82, 2.24) is 19.9 Å². The Morgan fingerprint density at radius 2 is 0.765 bits per heavy atom. The first kappa shape index (κ1) is 23.1. The molecule has 169 valence electrons. The average molecular weight is 490 g/mol. The number of ketones is 2. The summed E-state index contributed by atoms with van der Waals surface area (Å²) in [5.41, 5.74) is 7.86. The predicted molar refractivity (Wildman–Crippen MR) is 131 cm³/mol. The zero-order chi connectivity index (χ0) is 23.9. The van der Waals surface area contributed by atoms with Crippen LogP contribution in [0.3, 0.4) is 0 Å². The van der Waals surface area contributed by atoms with E-state index in [0.29, 0.717) is 0 Å². The van der Waals surface area contributed by atoms with Crippen LogP contribution in [-0.2, 0) is 25.8 Å². The van der Waals surface area contributed by atoms with Crippen molar-refractivity contribution in [2.75, 3.05) is 0 Å². The SMILES string of the molecule is C1=Cc2cc3ccc(cc4nc(cc5ccc(cc1n2)[nH]5)C=C4)[nH]3.O=C1C=CC(=O)C=C1.[NH2][Fe]. The Hall–Kier alpha value is -4.10. The molecule has 0 fully saturated rings. The van der Waals surface area contributed by atoms with E-state index < -0.39 is 0 Å². The van der Waals surface area contributed by atoms with E-state index in [2.05, 4.69) is 65.2 Å². The molecule has 8 heteroatoms. The molecule has 0 aromatic carbocycles. The van der Waals surface area contributed by atoms with E-state index in [4.69, 9.17) is 0 Å². The maximum atomic E-state index is 10.3. The number of carbonyl (C=O) groups is 2. The van der Waals surface area contributed by atoms with Gasteiger partial charge in [-0.15, -0.1) is 0 Å². The minimum atomic E-state index is -0.121. The molecule has 3 aromatic heterocycles. The van der Waals surface area contributed by atoms with Crippen molar-refractivity contribution in [3.05, 3.63) is 95.6 Å². The van der Waals surface area contributed by atoms with Gasteiger partial charge in [0.05, 0.1) is 22.8 Å². The van der Waals surface area contributed by atoms with Crippen molar-refractivity contribution in [3.63, 3.8) is 0 Å². The number of nitrogens with zero attached hydrogens (tertiary/aromatic N) is 2. The van der Waals surface area contributed by atoms with E-state index in [1.165, 1.54) is 24.3 Å². The number of aromatic amines is 2. The second-order valence-corrected chi connectivity index (χ2v) is 7.38. The number of hydrogen-bond donors (Lipinski definition) is 3. The van der Waals surface area contributed by atoms with Crippen molar-refractivity contribution < 1.29 is 25.8 Å². The quantitative estimate of drug-likeness (QED) is 0.221. The minimum absolute atomic E-state index is 0.121. The van der Waals surface area contributed by atoms with Crippen molar-refractivity contribution in [2.45, 2.75) is 0 Å². The molecule has 7 nitrogen and oxygen atoms in total. The Labute approximate surface area is 203 Å². The van der Waals surface area contributed by atoms with Gasteiger partial charge in [0.1, 0.15) is 0 Å². The molecule has 3 aromatic rings. The molecule has 6 rings (SSSR count). The van der Waals surface area contributed by atoms with Crippen LogP contribution in [-0.4, -0.2) is 31.5 Å². The summed E-state index contributed by atoms with van der Waals surface area (Å²) in [6.45, 7) is 0. The molecule has 0 amide bonds. The third-order valence-electron chi connectivity index (χ3n) is 4.87. The summed E-state index contributed by atoms with van der Waals surface area (Å²) in [4.78, 5) is 36.6. The Balaban J connectivity index is 0.000000232. The molecule has 1 aliphatic carbocycles.